The molecule has 0 aliphatic carbocycles. The lowest BCUT2D eigenvalue weighted by molar-refractivity contribution is 0.323. The van der Waals surface area contributed by atoms with E-state index in [4.69, 9.17) is 14.7 Å². The number of anilines is 1. The van der Waals surface area contributed by atoms with Crippen LogP contribution in [0.4, 0.5) is 5.95 Å². The van der Waals surface area contributed by atoms with Gasteiger partial charge in [0.25, 0.3) is 10.1 Å². The van der Waals surface area contributed by atoms with Crippen LogP contribution >= 0.6 is 0 Å². The van der Waals surface area contributed by atoms with Crippen molar-refractivity contribution in [2.24, 2.45) is 0 Å². The molecule has 23 heavy (non-hydrogen) atoms. The van der Waals surface area contributed by atoms with Gasteiger partial charge in [0.05, 0.1) is 20.0 Å². The van der Waals surface area contributed by atoms with Crippen LogP contribution in [0, 0.1) is 0 Å². The molecule has 0 aliphatic rings. The molecule has 0 radical (unpaired) electrons. The largest absolute Gasteiger partial charge is 0.494 e. The zero-order valence-corrected chi connectivity index (χ0v) is 13.4. The van der Waals surface area contributed by atoms with Crippen molar-refractivity contribution in [2.45, 2.75) is 6.42 Å². The molecule has 1 aromatic carbocycles. The van der Waals surface area contributed by atoms with Crippen LogP contribution in [0.5, 0.6) is 5.75 Å². The summed E-state index contributed by atoms with van der Waals surface area (Å²) in [7, 11) is -1.94. The maximum absolute atomic E-state index is 11.0. The molecule has 3 rings (SSSR count). The van der Waals surface area contributed by atoms with Gasteiger partial charge in [0, 0.05) is 11.8 Å². The third-order valence-electron chi connectivity index (χ3n) is 3.18. The lowest BCUT2D eigenvalue weighted by Gasteiger charge is -2.06. The molecule has 2 N–H and O–H groups in total. The van der Waals surface area contributed by atoms with Gasteiger partial charge in [-0.05, 0) is 12.1 Å². The highest BCUT2D eigenvalue weighted by Crippen LogP contribution is 2.27. The van der Waals surface area contributed by atoms with Crippen molar-refractivity contribution < 1.29 is 17.3 Å². The third-order valence-corrected chi connectivity index (χ3v) is 3.77. The molecule has 0 aliphatic heterocycles. The molecule has 122 valence electrons. The van der Waals surface area contributed by atoms with E-state index >= 15 is 0 Å². The first-order valence-corrected chi connectivity index (χ1v) is 8.53. The first-order valence-electron chi connectivity index (χ1n) is 6.71. The SMILES string of the molecule is COc1cccc2c1nc(N)n1nc(CCOS(C)(=O)=O)nc21. The molecule has 0 saturated heterocycles. The molecule has 0 fully saturated rings. The van der Waals surface area contributed by atoms with E-state index < -0.39 is 10.1 Å². The Morgan fingerprint density at radius 3 is 2.78 bits per heavy atom. The van der Waals surface area contributed by atoms with Gasteiger partial charge in [0.15, 0.2) is 11.5 Å². The number of benzene rings is 1. The minimum atomic E-state index is -3.49. The van der Waals surface area contributed by atoms with E-state index in [1.165, 1.54) is 4.52 Å². The van der Waals surface area contributed by atoms with Gasteiger partial charge in [0.2, 0.25) is 5.95 Å². The van der Waals surface area contributed by atoms with E-state index in [2.05, 4.69) is 15.1 Å². The number of hydrogen-bond acceptors (Lipinski definition) is 8. The molecular weight excluding hydrogens is 322 g/mol. The topological polar surface area (TPSA) is 122 Å². The van der Waals surface area contributed by atoms with Crippen molar-refractivity contribution in [3.63, 3.8) is 0 Å². The van der Waals surface area contributed by atoms with Gasteiger partial charge in [-0.15, -0.1) is 5.10 Å². The van der Waals surface area contributed by atoms with Crippen LogP contribution in [0.1, 0.15) is 5.82 Å². The van der Waals surface area contributed by atoms with Crippen molar-refractivity contribution in [1.82, 2.24) is 19.6 Å². The number of rotatable bonds is 5. The molecule has 0 bridgehead atoms. The summed E-state index contributed by atoms with van der Waals surface area (Å²) in [6, 6.07) is 5.44. The van der Waals surface area contributed by atoms with E-state index in [9.17, 15) is 8.42 Å². The maximum atomic E-state index is 11.0. The molecule has 0 unspecified atom stereocenters. The van der Waals surface area contributed by atoms with E-state index in [0.717, 1.165) is 11.6 Å². The summed E-state index contributed by atoms with van der Waals surface area (Å²) in [5.41, 5.74) is 7.04. The van der Waals surface area contributed by atoms with Gasteiger partial charge < -0.3 is 10.5 Å². The van der Waals surface area contributed by atoms with Crippen LogP contribution in [-0.4, -0.2) is 48.0 Å². The summed E-state index contributed by atoms with van der Waals surface area (Å²) in [6.07, 6.45) is 1.23. The summed E-state index contributed by atoms with van der Waals surface area (Å²) in [5.74, 6) is 1.17. The Hall–Kier alpha value is -2.46. The normalized spacial score (nSPS) is 12.1. The number of nitrogens with zero attached hydrogens (tertiary/aromatic N) is 4. The zero-order chi connectivity index (χ0) is 16.6. The highest BCUT2D eigenvalue weighted by molar-refractivity contribution is 7.85. The third kappa shape index (κ3) is 3.03. The Balaban J connectivity index is 2.05. The summed E-state index contributed by atoms with van der Waals surface area (Å²) in [5, 5.41) is 4.98. The number of aromatic nitrogens is 4. The van der Waals surface area contributed by atoms with Gasteiger partial charge in [-0.3, -0.25) is 4.18 Å². The van der Waals surface area contributed by atoms with Crippen LogP contribution in [0.25, 0.3) is 16.6 Å². The van der Waals surface area contributed by atoms with Crippen molar-refractivity contribution in [2.75, 3.05) is 25.7 Å². The second kappa shape index (κ2) is 5.63. The lowest BCUT2D eigenvalue weighted by Crippen LogP contribution is -2.07. The fourth-order valence-corrected chi connectivity index (χ4v) is 2.61. The molecule has 0 spiro atoms. The Bertz CT molecular complexity index is 983. The number of ether oxygens (including phenoxy) is 1. The molecule has 0 saturated carbocycles. The predicted octanol–water partition coefficient (Wildman–Crippen LogP) is 0.387. The number of para-hydroxylation sites is 1. The molecule has 2 aromatic heterocycles. The summed E-state index contributed by atoms with van der Waals surface area (Å²) < 4.78 is 33.4. The van der Waals surface area contributed by atoms with Crippen LogP contribution < -0.4 is 10.5 Å². The van der Waals surface area contributed by atoms with Gasteiger partial charge in [-0.1, -0.05) is 6.07 Å². The fraction of sp³-hybridized carbons (Fsp3) is 0.308. The van der Waals surface area contributed by atoms with Crippen molar-refractivity contribution in [3.8, 4) is 5.75 Å². The fourth-order valence-electron chi connectivity index (χ4n) is 2.22. The average Bonchev–Trinajstić information content (AvgIpc) is 2.90. The lowest BCUT2D eigenvalue weighted by atomic mass is 10.2. The van der Waals surface area contributed by atoms with E-state index in [1.54, 1.807) is 13.2 Å². The minimum Gasteiger partial charge on any atom is -0.494 e. The summed E-state index contributed by atoms with van der Waals surface area (Å²) in [4.78, 5) is 8.69. The molecule has 0 atom stereocenters. The predicted molar refractivity (Wildman–Crippen MR) is 83.8 cm³/mol. The number of nitrogens with two attached hydrogens (primary N) is 1. The van der Waals surface area contributed by atoms with Gasteiger partial charge in [-0.2, -0.15) is 12.9 Å². The minimum absolute atomic E-state index is 0.0374. The maximum Gasteiger partial charge on any atom is 0.264 e. The van der Waals surface area contributed by atoms with Crippen molar-refractivity contribution >= 4 is 32.6 Å². The monoisotopic (exact) mass is 337 g/mol. The van der Waals surface area contributed by atoms with E-state index in [1.807, 2.05) is 12.1 Å². The quantitative estimate of drug-likeness (QED) is 0.663. The zero-order valence-electron chi connectivity index (χ0n) is 12.6. The van der Waals surface area contributed by atoms with E-state index in [-0.39, 0.29) is 19.0 Å². The molecule has 3 aromatic rings. The van der Waals surface area contributed by atoms with Crippen molar-refractivity contribution in [3.05, 3.63) is 24.0 Å². The van der Waals surface area contributed by atoms with Crippen LogP contribution in [-0.2, 0) is 20.7 Å². The Kier molecular flexibility index (Phi) is 3.78. The average molecular weight is 337 g/mol. The van der Waals surface area contributed by atoms with Crippen LogP contribution in [0.3, 0.4) is 0 Å². The highest BCUT2D eigenvalue weighted by atomic mass is 32.2. The molecule has 2 heterocycles. The number of hydrogen-bond donors (Lipinski definition) is 1. The Morgan fingerprint density at radius 1 is 1.30 bits per heavy atom. The second-order valence-electron chi connectivity index (χ2n) is 4.87. The first-order chi connectivity index (χ1) is 10.9. The number of methoxy groups -OCH3 is 1. The van der Waals surface area contributed by atoms with Crippen LogP contribution in [0.2, 0.25) is 0 Å². The smallest absolute Gasteiger partial charge is 0.264 e. The first kappa shape index (κ1) is 15.4. The van der Waals surface area contributed by atoms with E-state index in [0.29, 0.717) is 22.7 Å². The Morgan fingerprint density at radius 2 is 2.09 bits per heavy atom. The van der Waals surface area contributed by atoms with Gasteiger partial charge >= 0.3 is 0 Å². The Labute approximate surface area is 132 Å². The number of fused-ring (bicyclic) bond motifs is 3. The molecular formula is C13H15N5O4S. The molecule has 9 nitrogen and oxygen atoms in total. The summed E-state index contributed by atoms with van der Waals surface area (Å²) >= 11 is 0. The second-order valence-corrected chi connectivity index (χ2v) is 6.51. The molecule has 0 amide bonds. The van der Waals surface area contributed by atoms with Gasteiger partial charge in [0.1, 0.15) is 11.3 Å². The van der Waals surface area contributed by atoms with Crippen LogP contribution in [0.15, 0.2) is 18.2 Å². The number of nitrogen functional groups attached to an aromatic ring is 1. The van der Waals surface area contributed by atoms with Gasteiger partial charge in [-0.25, -0.2) is 9.97 Å². The standard InChI is InChI=1S/C13H15N5O4S/c1-21-9-5-3-4-8-11(9)16-13(14)18-12(8)15-10(17-18)6-7-22-23(2,19)20/h3-5H,6-7H2,1-2H3,(H2,14,16). The van der Waals surface area contributed by atoms with Crippen molar-refractivity contribution in [1.29, 1.82) is 0 Å². The summed E-state index contributed by atoms with van der Waals surface area (Å²) in [6.45, 7) is -0.0374. The molecule has 10 heteroatoms. The highest BCUT2D eigenvalue weighted by Gasteiger charge is 2.14.